The van der Waals surface area contributed by atoms with E-state index in [0.29, 0.717) is 6.54 Å². The Labute approximate surface area is 146 Å². The van der Waals surface area contributed by atoms with Crippen molar-refractivity contribution < 1.29 is 13.9 Å². The number of carbonyl (C=O) groups is 1. The van der Waals surface area contributed by atoms with Crippen LogP contribution in [0.5, 0.6) is 0 Å². The van der Waals surface area contributed by atoms with E-state index in [2.05, 4.69) is 15.5 Å². The third kappa shape index (κ3) is 4.17. The number of nitrogens with zero attached hydrogens (tertiary/aromatic N) is 2. The van der Waals surface area contributed by atoms with Crippen molar-refractivity contribution in [2.75, 3.05) is 20.2 Å². The van der Waals surface area contributed by atoms with Gasteiger partial charge in [-0.25, -0.2) is 9.18 Å². The average Bonchev–Trinajstić information content (AvgIpc) is 3.18. The Morgan fingerprint density at radius 3 is 2.92 bits per heavy atom. The number of urea groups is 1. The lowest BCUT2D eigenvalue weighted by atomic mass is 9.98. The number of rotatable bonds is 5. The van der Waals surface area contributed by atoms with Crippen LogP contribution < -0.4 is 5.32 Å². The Morgan fingerprint density at radius 1 is 1.44 bits per heavy atom. The SMILES string of the molecule is CO[C@H](CNC(=O)N1CCCC[C@H]1c1cn[nH]c1)c1ccc(F)cc1. The first-order valence-corrected chi connectivity index (χ1v) is 8.50. The molecule has 0 saturated carbocycles. The van der Waals surface area contributed by atoms with Gasteiger partial charge in [-0.15, -0.1) is 0 Å². The lowest BCUT2D eigenvalue weighted by Crippen LogP contribution is -2.45. The fourth-order valence-corrected chi connectivity index (χ4v) is 3.26. The maximum absolute atomic E-state index is 13.1. The van der Waals surface area contributed by atoms with Crippen LogP contribution in [0.3, 0.4) is 0 Å². The van der Waals surface area contributed by atoms with E-state index < -0.39 is 0 Å². The van der Waals surface area contributed by atoms with Gasteiger partial charge in [0.2, 0.25) is 0 Å². The molecule has 134 valence electrons. The molecule has 6 nitrogen and oxygen atoms in total. The van der Waals surface area contributed by atoms with Gasteiger partial charge in [0.05, 0.1) is 18.3 Å². The van der Waals surface area contributed by atoms with Crippen molar-refractivity contribution >= 4 is 6.03 Å². The summed E-state index contributed by atoms with van der Waals surface area (Å²) in [7, 11) is 1.58. The normalized spacial score (nSPS) is 18.8. The number of piperidine rings is 1. The number of H-pyrrole nitrogens is 1. The molecule has 1 aromatic carbocycles. The molecule has 2 aromatic rings. The highest BCUT2D eigenvalue weighted by atomic mass is 19.1. The summed E-state index contributed by atoms with van der Waals surface area (Å²) < 4.78 is 18.5. The number of nitrogens with one attached hydrogen (secondary N) is 2. The summed E-state index contributed by atoms with van der Waals surface area (Å²) in [4.78, 5) is 14.5. The zero-order chi connectivity index (χ0) is 17.6. The van der Waals surface area contributed by atoms with Crippen molar-refractivity contribution in [3.63, 3.8) is 0 Å². The molecule has 1 fully saturated rings. The predicted octanol–water partition coefficient (Wildman–Crippen LogP) is 3.17. The van der Waals surface area contributed by atoms with Gasteiger partial charge < -0.3 is 15.0 Å². The Bertz CT molecular complexity index is 675. The van der Waals surface area contributed by atoms with E-state index in [1.54, 1.807) is 25.4 Å². The smallest absolute Gasteiger partial charge is 0.318 e. The number of methoxy groups -OCH3 is 1. The summed E-state index contributed by atoms with van der Waals surface area (Å²) >= 11 is 0. The minimum Gasteiger partial charge on any atom is -0.375 e. The minimum atomic E-state index is -0.318. The molecule has 0 spiro atoms. The standard InChI is InChI=1S/C18H23FN4O2/c1-25-17(13-5-7-15(19)8-6-13)12-20-18(24)23-9-3-2-4-16(23)14-10-21-22-11-14/h5-8,10-11,16-17H,2-4,9,12H2,1H3,(H,20,24)(H,21,22)/t16-,17+/m0/s1. The average molecular weight is 346 g/mol. The monoisotopic (exact) mass is 346 g/mol. The fraction of sp³-hybridized carbons (Fsp3) is 0.444. The highest BCUT2D eigenvalue weighted by molar-refractivity contribution is 5.75. The molecule has 7 heteroatoms. The molecule has 2 atom stereocenters. The molecular formula is C18H23FN4O2. The molecule has 1 aliphatic heterocycles. The number of amides is 2. The molecule has 1 aromatic heterocycles. The molecular weight excluding hydrogens is 323 g/mol. The van der Waals surface area contributed by atoms with Gasteiger partial charge in [-0.3, -0.25) is 5.10 Å². The molecule has 2 heterocycles. The van der Waals surface area contributed by atoms with Crippen molar-refractivity contribution in [1.82, 2.24) is 20.4 Å². The summed E-state index contributed by atoms with van der Waals surface area (Å²) in [6.45, 7) is 1.05. The van der Waals surface area contributed by atoms with Gasteiger partial charge in [-0.1, -0.05) is 12.1 Å². The van der Waals surface area contributed by atoms with E-state index in [1.165, 1.54) is 12.1 Å². The molecule has 25 heavy (non-hydrogen) atoms. The predicted molar refractivity (Wildman–Crippen MR) is 91.4 cm³/mol. The van der Waals surface area contributed by atoms with Crippen LogP contribution in [0.4, 0.5) is 9.18 Å². The van der Waals surface area contributed by atoms with Crippen molar-refractivity contribution in [3.8, 4) is 0 Å². The number of benzene rings is 1. The van der Waals surface area contributed by atoms with Crippen LogP contribution in [0.1, 0.15) is 42.5 Å². The minimum absolute atomic E-state index is 0.0410. The van der Waals surface area contributed by atoms with Gasteiger partial charge in [-0.2, -0.15) is 5.10 Å². The zero-order valence-corrected chi connectivity index (χ0v) is 14.2. The van der Waals surface area contributed by atoms with Gasteiger partial charge >= 0.3 is 6.03 Å². The lowest BCUT2D eigenvalue weighted by Gasteiger charge is -2.35. The molecule has 2 N–H and O–H groups in total. The Morgan fingerprint density at radius 2 is 2.24 bits per heavy atom. The van der Waals surface area contributed by atoms with Crippen LogP contribution >= 0.6 is 0 Å². The van der Waals surface area contributed by atoms with Crippen LogP contribution in [-0.2, 0) is 4.74 Å². The van der Waals surface area contributed by atoms with Gasteiger partial charge in [0.15, 0.2) is 0 Å². The summed E-state index contributed by atoms with van der Waals surface area (Å²) in [6, 6.07) is 6.05. The second kappa shape index (κ2) is 8.11. The van der Waals surface area contributed by atoms with Crippen molar-refractivity contribution in [1.29, 1.82) is 0 Å². The molecule has 1 aliphatic rings. The van der Waals surface area contributed by atoms with Crippen LogP contribution in [0.2, 0.25) is 0 Å². The summed E-state index contributed by atoms with van der Waals surface area (Å²) in [5.41, 5.74) is 1.85. The molecule has 1 saturated heterocycles. The number of hydrogen-bond donors (Lipinski definition) is 2. The third-order valence-corrected chi connectivity index (χ3v) is 4.63. The highest BCUT2D eigenvalue weighted by Gasteiger charge is 2.28. The van der Waals surface area contributed by atoms with Crippen LogP contribution in [0, 0.1) is 5.82 Å². The number of likely N-dealkylation sites (tertiary alicyclic amines) is 1. The van der Waals surface area contributed by atoms with Crippen LogP contribution in [0.15, 0.2) is 36.7 Å². The Kier molecular flexibility index (Phi) is 5.65. The molecule has 0 aliphatic carbocycles. The number of ether oxygens (including phenoxy) is 1. The van der Waals surface area contributed by atoms with E-state index in [0.717, 1.165) is 36.9 Å². The fourth-order valence-electron chi connectivity index (χ4n) is 3.26. The Balaban J connectivity index is 1.63. The van der Waals surface area contributed by atoms with Crippen LogP contribution in [-0.4, -0.2) is 41.3 Å². The van der Waals surface area contributed by atoms with E-state index in [9.17, 15) is 9.18 Å². The summed E-state index contributed by atoms with van der Waals surface area (Å²) in [5.74, 6) is -0.293. The lowest BCUT2D eigenvalue weighted by molar-refractivity contribution is 0.0975. The maximum Gasteiger partial charge on any atom is 0.318 e. The first-order valence-electron chi connectivity index (χ1n) is 8.50. The summed E-state index contributed by atoms with van der Waals surface area (Å²) in [6.07, 6.45) is 6.31. The van der Waals surface area contributed by atoms with E-state index in [-0.39, 0.29) is 24.0 Å². The molecule has 0 radical (unpaired) electrons. The second-order valence-corrected chi connectivity index (χ2v) is 6.20. The largest absolute Gasteiger partial charge is 0.375 e. The topological polar surface area (TPSA) is 70.2 Å². The molecule has 2 amide bonds. The van der Waals surface area contributed by atoms with E-state index in [4.69, 9.17) is 4.74 Å². The van der Waals surface area contributed by atoms with Crippen LogP contribution in [0.25, 0.3) is 0 Å². The van der Waals surface area contributed by atoms with Gasteiger partial charge in [0.25, 0.3) is 0 Å². The molecule has 0 unspecified atom stereocenters. The van der Waals surface area contributed by atoms with Gasteiger partial charge in [0, 0.05) is 32.0 Å². The second-order valence-electron chi connectivity index (χ2n) is 6.20. The highest BCUT2D eigenvalue weighted by Crippen LogP contribution is 2.30. The van der Waals surface area contributed by atoms with Gasteiger partial charge in [-0.05, 0) is 37.0 Å². The number of halogens is 1. The first kappa shape index (κ1) is 17.4. The number of aromatic amines is 1. The maximum atomic E-state index is 13.1. The Hall–Kier alpha value is -2.41. The quantitative estimate of drug-likeness (QED) is 0.874. The van der Waals surface area contributed by atoms with E-state index in [1.807, 2.05) is 11.1 Å². The van der Waals surface area contributed by atoms with E-state index >= 15 is 0 Å². The third-order valence-electron chi connectivity index (χ3n) is 4.63. The number of aromatic nitrogens is 2. The zero-order valence-electron chi connectivity index (χ0n) is 14.2. The van der Waals surface area contributed by atoms with Crippen molar-refractivity contribution in [2.24, 2.45) is 0 Å². The van der Waals surface area contributed by atoms with Crippen molar-refractivity contribution in [3.05, 3.63) is 53.6 Å². The molecule has 0 bridgehead atoms. The first-order chi connectivity index (χ1) is 12.2. The number of hydrogen-bond acceptors (Lipinski definition) is 3. The number of carbonyl (C=O) groups excluding carboxylic acids is 1. The van der Waals surface area contributed by atoms with Gasteiger partial charge in [0.1, 0.15) is 5.82 Å². The van der Waals surface area contributed by atoms with Crippen molar-refractivity contribution in [2.45, 2.75) is 31.4 Å². The molecule has 3 rings (SSSR count). The summed E-state index contributed by atoms with van der Waals surface area (Å²) in [5, 5.41) is 9.75.